The normalized spacial score (nSPS) is 16.6. The average Bonchev–Trinajstić information content (AvgIpc) is 2.88. The third-order valence-electron chi connectivity index (χ3n) is 7.40. The number of sulfone groups is 1. The quantitative estimate of drug-likeness (QED) is 0.432. The second kappa shape index (κ2) is 13.6. The molecule has 9 heteroatoms. The van der Waals surface area contributed by atoms with Crippen LogP contribution in [0, 0.1) is 0 Å². The summed E-state index contributed by atoms with van der Waals surface area (Å²) in [6.07, 6.45) is 3.52. The van der Waals surface area contributed by atoms with E-state index in [-0.39, 0.29) is 35.3 Å². The highest BCUT2D eigenvalue weighted by Crippen LogP contribution is 2.26. The molecule has 0 bridgehead atoms. The van der Waals surface area contributed by atoms with Gasteiger partial charge in [0.2, 0.25) is 5.91 Å². The van der Waals surface area contributed by atoms with Crippen molar-refractivity contribution in [3.8, 4) is 0 Å². The summed E-state index contributed by atoms with van der Waals surface area (Å²) in [5.74, 6) is 0.0619. The maximum atomic E-state index is 13.2. The minimum Gasteiger partial charge on any atom is -0.444 e. The highest BCUT2D eigenvalue weighted by Gasteiger charge is 2.30. The molecule has 1 N–H and O–H groups in total. The molecule has 2 aromatic carbocycles. The number of alkyl carbamates (subject to hydrolysis) is 1. The molecule has 0 saturated carbocycles. The Hall–Kier alpha value is -2.91. The average molecular weight is 572 g/mol. The van der Waals surface area contributed by atoms with Gasteiger partial charge in [-0.15, -0.1) is 0 Å². The van der Waals surface area contributed by atoms with E-state index >= 15 is 0 Å². The van der Waals surface area contributed by atoms with Crippen LogP contribution in [0.3, 0.4) is 0 Å². The van der Waals surface area contributed by atoms with E-state index in [1.165, 1.54) is 6.26 Å². The molecule has 0 aromatic heterocycles. The van der Waals surface area contributed by atoms with Crippen LogP contribution in [0.15, 0.2) is 59.5 Å². The van der Waals surface area contributed by atoms with Crippen LogP contribution in [0.4, 0.5) is 4.79 Å². The molecule has 2 unspecified atom stereocenters. The Morgan fingerprint density at radius 1 is 1.05 bits per heavy atom. The van der Waals surface area contributed by atoms with E-state index in [2.05, 4.69) is 17.1 Å². The Bertz CT molecular complexity index is 1220. The second-order valence-electron chi connectivity index (χ2n) is 11.7. The zero-order chi connectivity index (χ0) is 29.5. The number of piperidine rings is 1. The number of nitrogens with one attached hydrogen (secondary N) is 1. The first kappa shape index (κ1) is 31.6. The summed E-state index contributed by atoms with van der Waals surface area (Å²) in [6, 6.07) is 16.8. The lowest BCUT2D eigenvalue weighted by Gasteiger charge is -2.41. The van der Waals surface area contributed by atoms with Crippen LogP contribution >= 0.6 is 0 Å². The van der Waals surface area contributed by atoms with Crippen molar-refractivity contribution in [2.75, 3.05) is 25.9 Å². The Balaban J connectivity index is 1.58. The van der Waals surface area contributed by atoms with Crippen molar-refractivity contribution in [2.45, 2.75) is 88.9 Å². The molecule has 2 aromatic rings. The number of likely N-dealkylation sites (N-methyl/N-ethyl adjacent to an activating group) is 1. The SMILES string of the molecule is CCN(C(=O)Cc1ccc(S(C)(=O)=O)cc1)C1CCN(C(C)CC(NC(=O)OC(C)(C)C)c2ccccc2)CC1. The zero-order valence-corrected chi connectivity index (χ0v) is 25.5. The van der Waals surface area contributed by atoms with E-state index < -0.39 is 21.5 Å². The summed E-state index contributed by atoms with van der Waals surface area (Å²) in [7, 11) is -3.26. The van der Waals surface area contributed by atoms with Crippen molar-refractivity contribution < 1.29 is 22.7 Å². The number of hydrogen-bond donors (Lipinski definition) is 1. The molecule has 40 heavy (non-hydrogen) atoms. The number of rotatable bonds is 10. The van der Waals surface area contributed by atoms with Gasteiger partial charge in [-0.3, -0.25) is 4.79 Å². The molecule has 2 atom stereocenters. The molecule has 0 spiro atoms. The number of ether oxygens (including phenoxy) is 1. The summed E-state index contributed by atoms with van der Waals surface area (Å²) in [4.78, 5) is 30.4. The fourth-order valence-corrected chi connectivity index (χ4v) is 5.94. The summed E-state index contributed by atoms with van der Waals surface area (Å²) in [5, 5.41) is 3.07. The zero-order valence-electron chi connectivity index (χ0n) is 24.7. The van der Waals surface area contributed by atoms with Crippen LogP contribution in [0.2, 0.25) is 0 Å². The van der Waals surface area contributed by atoms with Gasteiger partial charge >= 0.3 is 6.09 Å². The van der Waals surface area contributed by atoms with Gasteiger partial charge in [0, 0.05) is 38.0 Å². The van der Waals surface area contributed by atoms with Gasteiger partial charge in [-0.25, -0.2) is 13.2 Å². The van der Waals surface area contributed by atoms with Crippen molar-refractivity contribution in [3.05, 3.63) is 65.7 Å². The highest BCUT2D eigenvalue weighted by atomic mass is 32.2. The topological polar surface area (TPSA) is 96.0 Å². The van der Waals surface area contributed by atoms with Gasteiger partial charge in [0.05, 0.1) is 17.4 Å². The smallest absolute Gasteiger partial charge is 0.408 e. The van der Waals surface area contributed by atoms with E-state index in [9.17, 15) is 18.0 Å². The van der Waals surface area contributed by atoms with E-state index in [1.54, 1.807) is 24.3 Å². The Labute approximate surface area is 240 Å². The molecule has 2 amide bonds. The van der Waals surface area contributed by atoms with Gasteiger partial charge in [0.25, 0.3) is 0 Å². The number of nitrogens with zero attached hydrogens (tertiary/aromatic N) is 2. The van der Waals surface area contributed by atoms with E-state index in [4.69, 9.17) is 4.74 Å². The maximum absolute atomic E-state index is 13.2. The number of carbonyl (C=O) groups excluding carboxylic acids is 2. The number of amides is 2. The molecule has 1 aliphatic rings. The Morgan fingerprint density at radius 2 is 1.65 bits per heavy atom. The monoisotopic (exact) mass is 571 g/mol. The first-order valence-electron chi connectivity index (χ1n) is 14.1. The molecule has 0 radical (unpaired) electrons. The van der Waals surface area contributed by atoms with Crippen molar-refractivity contribution in [2.24, 2.45) is 0 Å². The molecule has 1 heterocycles. The van der Waals surface area contributed by atoms with Crippen LogP contribution in [-0.4, -0.2) is 73.8 Å². The Kier molecular flexibility index (Phi) is 10.8. The fourth-order valence-electron chi connectivity index (χ4n) is 5.31. The third-order valence-corrected chi connectivity index (χ3v) is 8.53. The summed E-state index contributed by atoms with van der Waals surface area (Å²) in [6.45, 7) is 12.1. The first-order valence-corrected chi connectivity index (χ1v) is 16.0. The molecule has 0 aliphatic carbocycles. The van der Waals surface area contributed by atoms with E-state index in [0.29, 0.717) is 6.54 Å². The number of hydrogen-bond acceptors (Lipinski definition) is 6. The van der Waals surface area contributed by atoms with Crippen molar-refractivity contribution in [3.63, 3.8) is 0 Å². The standard InChI is InChI=1S/C31H45N3O5S/c1-7-34(29(35)22-24-13-15-27(16-14-24)40(6,37)38)26-17-19-33(20-18-26)23(2)21-28(25-11-9-8-10-12-25)32-30(36)39-31(3,4)5/h8-16,23,26,28H,7,17-22H2,1-6H3,(H,32,36). The van der Waals surface area contributed by atoms with Crippen molar-refractivity contribution in [1.29, 1.82) is 0 Å². The molecule has 8 nitrogen and oxygen atoms in total. The summed E-state index contributed by atoms with van der Waals surface area (Å²) in [5.41, 5.74) is 1.29. The molecule has 1 saturated heterocycles. The molecule has 1 fully saturated rings. The lowest BCUT2D eigenvalue weighted by molar-refractivity contribution is -0.133. The lowest BCUT2D eigenvalue weighted by Crippen LogP contribution is -2.50. The predicted octanol–water partition coefficient (Wildman–Crippen LogP) is 4.99. The van der Waals surface area contributed by atoms with Gasteiger partial charge < -0.3 is 19.9 Å². The highest BCUT2D eigenvalue weighted by molar-refractivity contribution is 7.90. The second-order valence-corrected chi connectivity index (χ2v) is 13.7. The molecule has 1 aliphatic heterocycles. The molecule has 3 rings (SSSR count). The van der Waals surface area contributed by atoms with Crippen LogP contribution in [0.5, 0.6) is 0 Å². The molecular formula is C31H45N3O5S. The van der Waals surface area contributed by atoms with Gasteiger partial charge in [-0.1, -0.05) is 42.5 Å². The fraction of sp³-hybridized carbons (Fsp3) is 0.548. The molecular weight excluding hydrogens is 526 g/mol. The van der Waals surface area contributed by atoms with Gasteiger partial charge in [0.15, 0.2) is 9.84 Å². The van der Waals surface area contributed by atoms with Crippen molar-refractivity contribution in [1.82, 2.24) is 15.1 Å². The maximum Gasteiger partial charge on any atom is 0.408 e. The minimum absolute atomic E-state index is 0.0619. The van der Waals surface area contributed by atoms with Crippen LogP contribution in [-0.2, 0) is 25.8 Å². The third kappa shape index (κ3) is 9.34. The van der Waals surface area contributed by atoms with Gasteiger partial charge in [0.1, 0.15) is 5.60 Å². The predicted molar refractivity (Wildman–Crippen MR) is 158 cm³/mol. The van der Waals surface area contributed by atoms with Gasteiger partial charge in [-0.2, -0.15) is 0 Å². The summed E-state index contributed by atoms with van der Waals surface area (Å²) < 4.78 is 29.0. The minimum atomic E-state index is -3.26. The summed E-state index contributed by atoms with van der Waals surface area (Å²) >= 11 is 0. The molecule has 220 valence electrons. The van der Waals surface area contributed by atoms with Gasteiger partial charge in [-0.05, 0) is 77.1 Å². The van der Waals surface area contributed by atoms with E-state index in [1.807, 2.05) is 62.9 Å². The van der Waals surface area contributed by atoms with Crippen LogP contribution in [0.1, 0.15) is 71.0 Å². The number of benzene rings is 2. The lowest BCUT2D eigenvalue weighted by atomic mass is 9.96. The number of likely N-dealkylation sites (tertiary alicyclic amines) is 1. The number of carbonyl (C=O) groups is 2. The van der Waals surface area contributed by atoms with Crippen LogP contribution < -0.4 is 5.32 Å². The first-order chi connectivity index (χ1) is 18.8. The van der Waals surface area contributed by atoms with E-state index in [0.717, 1.165) is 43.5 Å². The van der Waals surface area contributed by atoms with Crippen molar-refractivity contribution >= 4 is 21.8 Å². The largest absolute Gasteiger partial charge is 0.444 e. The Morgan fingerprint density at radius 3 is 2.17 bits per heavy atom. The van der Waals surface area contributed by atoms with Crippen LogP contribution in [0.25, 0.3) is 0 Å².